The summed E-state index contributed by atoms with van der Waals surface area (Å²) in [4.78, 5) is 0. The van der Waals surface area contributed by atoms with Gasteiger partial charge in [-0.1, -0.05) is 13.8 Å². The van der Waals surface area contributed by atoms with Crippen molar-refractivity contribution in [3.63, 3.8) is 0 Å². The molecule has 1 heterocycles. The Balaban J connectivity index is 2.92. The third-order valence-electron chi connectivity index (χ3n) is 3.47. The number of methoxy groups -OCH3 is 4. The molecule has 5 atom stereocenters. The van der Waals surface area contributed by atoms with E-state index in [0.29, 0.717) is 12.5 Å². The summed E-state index contributed by atoms with van der Waals surface area (Å²) < 4.78 is 27.9. The summed E-state index contributed by atoms with van der Waals surface area (Å²) in [6.07, 6.45) is -0.625. The standard InChI is InChI=1S/C13H26O5/c1-8(2)10-12(16-5)13(17-6)11(15-4)9(18-10)7-14-3/h8-13H,7H2,1-6H3/t9-,10+,11+,12+,13+/m0/s1. The summed E-state index contributed by atoms with van der Waals surface area (Å²) in [6.45, 7) is 4.71. The Hall–Kier alpha value is -0.200. The van der Waals surface area contributed by atoms with Crippen LogP contribution in [0.15, 0.2) is 0 Å². The number of ether oxygens (including phenoxy) is 5. The van der Waals surface area contributed by atoms with Gasteiger partial charge in [-0.15, -0.1) is 0 Å². The molecular weight excluding hydrogens is 236 g/mol. The van der Waals surface area contributed by atoms with Crippen LogP contribution < -0.4 is 0 Å². The van der Waals surface area contributed by atoms with Crippen molar-refractivity contribution in [2.24, 2.45) is 5.92 Å². The maximum atomic E-state index is 6.07. The van der Waals surface area contributed by atoms with E-state index < -0.39 is 0 Å². The minimum atomic E-state index is -0.185. The van der Waals surface area contributed by atoms with E-state index in [4.69, 9.17) is 23.7 Å². The van der Waals surface area contributed by atoms with E-state index in [1.165, 1.54) is 0 Å². The lowest BCUT2D eigenvalue weighted by atomic mass is 9.89. The van der Waals surface area contributed by atoms with Crippen molar-refractivity contribution in [2.75, 3.05) is 35.0 Å². The maximum Gasteiger partial charge on any atom is 0.115 e. The lowest BCUT2D eigenvalue weighted by Gasteiger charge is -2.46. The molecule has 0 bridgehead atoms. The predicted octanol–water partition coefficient (Wildman–Crippen LogP) is 1.10. The van der Waals surface area contributed by atoms with Crippen LogP contribution in [0.25, 0.3) is 0 Å². The highest BCUT2D eigenvalue weighted by Crippen LogP contribution is 2.30. The van der Waals surface area contributed by atoms with Gasteiger partial charge in [0.2, 0.25) is 0 Å². The topological polar surface area (TPSA) is 46.2 Å². The van der Waals surface area contributed by atoms with E-state index in [-0.39, 0.29) is 30.5 Å². The Kier molecular flexibility index (Phi) is 6.52. The first-order valence-corrected chi connectivity index (χ1v) is 6.33. The van der Waals surface area contributed by atoms with Crippen LogP contribution in [0.1, 0.15) is 13.8 Å². The molecule has 5 nitrogen and oxygen atoms in total. The van der Waals surface area contributed by atoms with Crippen molar-refractivity contribution in [1.82, 2.24) is 0 Å². The monoisotopic (exact) mass is 262 g/mol. The molecule has 1 aliphatic rings. The highest BCUT2D eigenvalue weighted by atomic mass is 16.6. The fraction of sp³-hybridized carbons (Fsp3) is 1.00. The number of rotatable bonds is 6. The van der Waals surface area contributed by atoms with Crippen LogP contribution in [0.2, 0.25) is 0 Å². The second kappa shape index (κ2) is 7.40. The van der Waals surface area contributed by atoms with Gasteiger partial charge in [0.25, 0.3) is 0 Å². The summed E-state index contributed by atoms with van der Waals surface area (Å²) in [5.41, 5.74) is 0. The van der Waals surface area contributed by atoms with Crippen LogP contribution in [0.5, 0.6) is 0 Å². The molecule has 108 valence electrons. The lowest BCUT2D eigenvalue weighted by molar-refractivity contribution is -0.257. The molecule has 5 heteroatoms. The fourth-order valence-electron chi connectivity index (χ4n) is 2.60. The molecule has 0 aromatic rings. The number of hydrogen-bond acceptors (Lipinski definition) is 5. The molecule has 0 aromatic carbocycles. The number of hydrogen-bond donors (Lipinski definition) is 0. The Morgan fingerprint density at radius 1 is 0.889 bits per heavy atom. The summed E-state index contributed by atoms with van der Waals surface area (Å²) in [5, 5.41) is 0. The lowest BCUT2D eigenvalue weighted by Crippen LogP contribution is -2.61. The molecule has 0 aromatic heterocycles. The van der Waals surface area contributed by atoms with Crippen LogP contribution >= 0.6 is 0 Å². The van der Waals surface area contributed by atoms with Gasteiger partial charge in [0.1, 0.15) is 24.4 Å². The van der Waals surface area contributed by atoms with Gasteiger partial charge >= 0.3 is 0 Å². The van der Waals surface area contributed by atoms with E-state index in [0.717, 1.165) is 0 Å². The second-order valence-electron chi connectivity index (χ2n) is 4.94. The third-order valence-corrected chi connectivity index (χ3v) is 3.47. The summed E-state index contributed by atoms with van der Waals surface area (Å²) in [5.74, 6) is 0.338. The van der Waals surface area contributed by atoms with Gasteiger partial charge in [0.05, 0.1) is 12.7 Å². The maximum absolute atomic E-state index is 6.07. The zero-order chi connectivity index (χ0) is 13.7. The molecule has 0 unspecified atom stereocenters. The third kappa shape index (κ3) is 3.22. The van der Waals surface area contributed by atoms with E-state index in [1.54, 1.807) is 28.4 Å². The first kappa shape index (κ1) is 15.9. The van der Waals surface area contributed by atoms with E-state index >= 15 is 0 Å². The molecule has 0 radical (unpaired) electrons. The molecular formula is C13H26O5. The molecule has 1 aliphatic heterocycles. The summed E-state index contributed by atoms with van der Waals surface area (Å²) in [6, 6.07) is 0. The molecule has 0 spiro atoms. The minimum Gasteiger partial charge on any atom is -0.382 e. The largest absolute Gasteiger partial charge is 0.382 e. The average Bonchev–Trinajstić information content (AvgIpc) is 2.37. The van der Waals surface area contributed by atoms with Crippen LogP contribution in [0.3, 0.4) is 0 Å². The second-order valence-corrected chi connectivity index (χ2v) is 4.94. The predicted molar refractivity (Wildman–Crippen MR) is 67.8 cm³/mol. The Bertz CT molecular complexity index is 233. The van der Waals surface area contributed by atoms with Gasteiger partial charge in [-0.25, -0.2) is 0 Å². The zero-order valence-electron chi connectivity index (χ0n) is 12.2. The fourth-order valence-corrected chi connectivity index (χ4v) is 2.60. The average molecular weight is 262 g/mol. The Morgan fingerprint density at radius 3 is 1.83 bits per heavy atom. The first-order valence-electron chi connectivity index (χ1n) is 6.33. The highest BCUT2D eigenvalue weighted by Gasteiger charge is 2.47. The van der Waals surface area contributed by atoms with Crippen molar-refractivity contribution >= 4 is 0 Å². The quantitative estimate of drug-likeness (QED) is 0.717. The SMILES string of the molecule is COC[C@@H]1O[C@H](C(C)C)[C@@H](OC)[C@H](OC)[C@@H]1OC. The first-order chi connectivity index (χ1) is 8.60. The van der Waals surface area contributed by atoms with Crippen LogP contribution in [-0.2, 0) is 23.7 Å². The van der Waals surface area contributed by atoms with Crippen molar-refractivity contribution in [2.45, 2.75) is 44.4 Å². The minimum absolute atomic E-state index is 0.0218. The van der Waals surface area contributed by atoms with Crippen LogP contribution in [0, 0.1) is 5.92 Å². The molecule has 0 saturated carbocycles. The van der Waals surface area contributed by atoms with E-state index in [9.17, 15) is 0 Å². The van der Waals surface area contributed by atoms with Gasteiger partial charge in [-0.2, -0.15) is 0 Å². The summed E-state index contributed by atoms with van der Waals surface area (Å²) in [7, 11) is 6.67. The normalized spacial score (nSPS) is 37.2. The molecule has 0 aliphatic carbocycles. The van der Waals surface area contributed by atoms with E-state index in [2.05, 4.69) is 13.8 Å². The zero-order valence-corrected chi connectivity index (χ0v) is 12.2. The van der Waals surface area contributed by atoms with Crippen molar-refractivity contribution in [1.29, 1.82) is 0 Å². The van der Waals surface area contributed by atoms with Gasteiger partial charge in [0.15, 0.2) is 0 Å². The molecule has 1 saturated heterocycles. The van der Waals surface area contributed by atoms with Crippen molar-refractivity contribution in [3.05, 3.63) is 0 Å². The van der Waals surface area contributed by atoms with Crippen molar-refractivity contribution in [3.8, 4) is 0 Å². The van der Waals surface area contributed by atoms with Crippen LogP contribution in [0.4, 0.5) is 0 Å². The van der Waals surface area contributed by atoms with Crippen LogP contribution in [-0.4, -0.2) is 65.6 Å². The van der Waals surface area contributed by atoms with E-state index in [1.807, 2.05) is 0 Å². The highest BCUT2D eigenvalue weighted by molar-refractivity contribution is 4.95. The molecule has 18 heavy (non-hydrogen) atoms. The van der Waals surface area contributed by atoms with Gasteiger partial charge in [0, 0.05) is 28.4 Å². The smallest absolute Gasteiger partial charge is 0.115 e. The molecule has 0 amide bonds. The van der Waals surface area contributed by atoms with Gasteiger partial charge in [-0.3, -0.25) is 0 Å². The molecule has 1 fully saturated rings. The molecule has 1 rings (SSSR count). The summed E-state index contributed by atoms with van der Waals surface area (Å²) >= 11 is 0. The van der Waals surface area contributed by atoms with Crippen molar-refractivity contribution < 1.29 is 23.7 Å². The molecule has 0 N–H and O–H groups in total. The Labute approximate surface area is 110 Å². The Morgan fingerprint density at radius 2 is 1.44 bits per heavy atom. The van der Waals surface area contributed by atoms with Gasteiger partial charge in [-0.05, 0) is 5.92 Å². The van der Waals surface area contributed by atoms with Gasteiger partial charge < -0.3 is 23.7 Å².